The minimum absolute atomic E-state index is 0.0304. The van der Waals surface area contributed by atoms with Gasteiger partial charge >= 0.3 is 11.9 Å². The normalized spacial score (nSPS) is 10.5. The summed E-state index contributed by atoms with van der Waals surface area (Å²) in [4.78, 5) is 22.1. The lowest BCUT2D eigenvalue weighted by molar-refractivity contribution is -0.145. The van der Waals surface area contributed by atoms with Crippen LogP contribution in [0.5, 0.6) is 0 Å². The van der Waals surface area contributed by atoms with E-state index in [1.807, 2.05) is 6.92 Å². The molecule has 0 aromatic rings. The van der Waals surface area contributed by atoms with Gasteiger partial charge < -0.3 is 14.6 Å². The summed E-state index contributed by atoms with van der Waals surface area (Å²) < 4.78 is 9.45. The highest BCUT2D eigenvalue weighted by Gasteiger charge is 2.04. The number of rotatable bonds is 9. The zero-order valence-electron chi connectivity index (χ0n) is 10.2. The summed E-state index contributed by atoms with van der Waals surface area (Å²) in [7, 11) is 0. The first-order valence-corrected chi connectivity index (χ1v) is 5.81. The van der Waals surface area contributed by atoms with Gasteiger partial charge in [0.05, 0.1) is 12.9 Å². The SMILES string of the molecule is CCC=COC(=O)CCCCC(=O)OCCO. The van der Waals surface area contributed by atoms with E-state index in [2.05, 4.69) is 4.74 Å². The summed E-state index contributed by atoms with van der Waals surface area (Å²) in [6.45, 7) is 1.81. The number of carbonyl (C=O) groups excluding carboxylic acids is 2. The van der Waals surface area contributed by atoms with E-state index < -0.39 is 0 Å². The van der Waals surface area contributed by atoms with Crippen LogP contribution in [-0.4, -0.2) is 30.3 Å². The maximum atomic E-state index is 11.1. The third kappa shape index (κ3) is 10.9. The molecule has 5 nitrogen and oxygen atoms in total. The van der Waals surface area contributed by atoms with E-state index >= 15 is 0 Å². The van der Waals surface area contributed by atoms with E-state index in [1.54, 1.807) is 6.08 Å². The Labute approximate surface area is 101 Å². The zero-order chi connectivity index (χ0) is 12.9. The maximum absolute atomic E-state index is 11.1. The molecule has 0 radical (unpaired) electrons. The minimum atomic E-state index is -0.349. The molecule has 0 spiro atoms. The predicted octanol–water partition coefficient (Wildman–Crippen LogP) is 1.55. The summed E-state index contributed by atoms with van der Waals surface area (Å²) in [6, 6.07) is 0. The van der Waals surface area contributed by atoms with Crippen LogP contribution in [0.4, 0.5) is 0 Å². The van der Waals surface area contributed by atoms with Crippen LogP contribution < -0.4 is 0 Å². The van der Waals surface area contributed by atoms with Crippen molar-refractivity contribution in [2.75, 3.05) is 13.2 Å². The van der Waals surface area contributed by atoms with Gasteiger partial charge in [-0.3, -0.25) is 9.59 Å². The molecular formula is C12H20O5. The summed E-state index contributed by atoms with van der Waals surface area (Å²) in [5, 5.41) is 8.42. The van der Waals surface area contributed by atoms with Gasteiger partial charge in [-0.05, 0) is 25.3 Å². The molecule has 98 valence electrons. The molecule has 0 fully saturated rings. The first-order valence-electron chi connectivity index (χ1n) is 5.81. The number of ether oxygens (including phenoxy) is 2. The topological polar surface area (TPSA) is 72.8 Å². The average Bonchev–Trinajstić information content (AvgIpc) is 2.32. The largest absolute Gasteiger partial charge is 0.463 e. The molecule has 0 amide bonds. The lowest BCUT2D eigenvalue weighted by Crippen LogP contribution is -2.08. The van der Waals surface area contributed by atoms with Crippen molar-refractivity contribution in [3.05, 3.63) is 12.3 Å². The number of carbonyl (C=O) groups is 2. The second-order valence-electron chi connectivity index (χ2n) is 3.42. The van der Waals surface area contributed by atoms with Gasteiger partial charge in [-0.15, -0.1) is 0 Å². The fourth-order valence-corrected chi connectivity index (χ4v) is 1.05. The third-order valence-electron chi connectivity index (χ3n) is 1.90. The lowest BCUT2D eigenvalue weighted by atomic mass is 10.2. The van der Waals surface area contributed by atoms with Gasteiger partial charge in [-0.1, -0.05) is 6.92 Å². The van der Waals surface area contributed by atoms with Crippen molar-refractivity contribution in [1.82, 2.24) is 0 Å². The summed E-state index contributed by atoms with van der Waals surface area (Å²) in [5.74, 6) is -0.642. The Kier molecular flexibility index (Phi) is 10.2. The molecule has 0 heterocycles. The lowest BCUT2D eigenvalue weighted by Gasteiger charge is -2.02. The summed E-state index contributed by atoms with van der Waals surface area (Å²) in [6.07, 6.45) is 5.69. The molecule has 0 unspecified atom stereocenters. The van der Waals surface area contributed by atoms with Crippen molar-refractivity contribution in [3.8, 4) is 0 Å². The van der Waals surface area contributed by atoms with Gasteiger partial charge in [0.25, 0.3) is 0 Å². The highest BCUT2D eigenvalue weighted by Crippen LogP contribution is 2.03. The number of allylic oxidation sites excluding steroid dienone is 1. The Morgan fingerprint density at radius 2 is 1.82 bits per heavy atom. The molecule has 0 aromatic carbocycles. The van der Waals surface area contributed by atoms with Crippen LogP contribution in [-0.2, 0) is 19.1 Å². The summed E-state index contributed by atoms with van der Waals surface area (Å²) >= 11 is 0. The molecule has 0 saturated carbocycles. The van der Waals surface area contributed by atoms with Gasteiger partial charge in [-0.2, -0.15) is 0 Å². The van der Waals surface area contributed by atoms with E-state index in [1.165, 1.54) is 6.26 Å². The number of hydrogen-bond acceptors (Lipinski definition) is 5. The van der Waals surface area contributed by atoms with Gasteiger partial charge in [0.2, 0.25) is 0 Å². The van der Waals surface area contributed by atoms with Crippen molar-refractivity contribution in [2.45, 2.75) is 39.0 Å². The maximum Gasteiger partial charge on any atom is 0.310 e. The van der Waals surface area contributed by atoms with Crippen molar-refractivity contribution in [1.29, 1.82) is 0 Å². The Balaban J connectivity index is 3.41. The van der Waals surface area contributed by atoms with Crippen molar-refractivity contribution >= 4 is 11.9 Å². The van der Waals surface area contributed by atoms with E-state index in [-0.39, 0.29) is 31.6 Å². The van der Waals surface area contributed by atoms with Gasteiger partial charge in [0.15, 0.2) is 0 Å². The fraction of sp³-hybridized carbons (Fsp3) is 0.667. The van der Waals surface area contributed by atoms with Crippen LogP contribution in [0.2, 0.25) is 0 Å². The minimum Gasteiger partial charge on any atom is -0.463 e. The molecule has 5 heteroatoms. The summed E-state index contributed by atoms with van der Waals surface area (Å²) in [5.41, 5.74) is 0. The first kappa shape index (κ1) is 15.6. The number of esters is 2. The molecule has 0 saturated heterocycles. The average molecular weight is 244 g/mol. The molecule has 1 N–H and O–H groups in total. The fourth-order valence-electron chi connectivity index (χ4n) is 1.05. The Hall–Kier alpha value is -1.36. The smallest absolute Gasteiger partial charge is 0.310 e. The molecule has 0 rings (SSSR count). The standard InChI is InChI=1S/C12H20O5/c1-2-3-9-16-11(14)6-4-5-7-12(15)17-10-8-13/h3,9,13H,2,4-8,10H2,1H3. The van der Waals surface area contributed by atoms with E-state index in [4.69, 9.17) is 9.84 Å². The number of unbranched alkanes of at least 4 members (excludes halogenated alkanes) is 1. The Morgan fingerprint density at radius 3 is 2.41 bits per heavy atom. The van der Waals surface area contributed by atoms with E-state index in [9.17, 15) is 9.59 Å². The van der Waals surface area contributed by atoms with Gasteiger partial charge in [0, 0.05) is 12.8 Å². The van der Waals surface area contributed by atoms with Crippen LogP contribution in [0.15, 0.2) is 12.3 Å². The molecule has 0 atom stereocenters. The van der Waals surface area contributed by atoms with Crippen molar-refractivity contribution < 1.29 is 24.2 Å². The Morgan fingerprint density at radius 1 is 1.18 bits per heavy atom. The first-order chi connectivity index (χ1) is 8.20. The van der Waals surface area contributed by atoms with Crippen LogP contribution >= 0.6 is 0 Å². The van der Waals surface area contributed by atoms with Crippen LogP contribution in [0.3, 0.4) is 0 Å². The number of hydrogen-bond donors (Lipinski definition) is 1. The van der Waals surface area contributed by atoms with Crippen molar-refractivity contribution in [3.63, 3.8) is 0 Å². The van der Waals surface area contributed by atoms with E-state index in [0.717, 1.165) is 6.42 Å². The second kappa shape index (κ2) is 11.1. The third-order valence-corrected chi connectivity index (χ3v) is 1.90. The second-order valence-corrected chi connectivity index (χ2v) is 3.42. The molecular weight excluding hydrogens is 224 g/mol. The van der Waals surface area contributed by atoms with E-state index in [0.29, 0.717) is 19.3 Å². The molecule has 0 aliphatic heterocycles. The van der Waals surface area contributed by atoms with Crippen LogP contribution in [0.25, 0.3) is 0 Å². The monoisotopic (exact) mass is 244 g/mol. The molecule has 0 aliphatic carbocycles. The van der Waals surface area contributed by atoms with Crippen molar-refractivity contribution in [2.24, 2.45) is 0 Å². The highest BCUT2D eigenvalue weighted by molar-refractivity contribution is 5.70. The number of aliphatic hydroxyl groups excluding tert-OH is 1. The molecule has 0 aliphatic rings. The molecule has 0 aromatic heterocycles. The quantitative estimate of drug-likeness (QED) is 0.378. The molecule has 17 heavy (non-hydrogen) atoms. The Bertz CT molecular complexity index is 247. The van der Waals surface area contributed by atoms with Gasteiger partial charge in [0.1, 0.15) is 6.61 Å². The highest BCUT2D eigenvalue weighted by atomic mass is 16.5. The predicted molar refractivity (Wildman–Crippen MR) is 62.0 cm³/mol. The number of aliphatic hydroxyl groups is 1. The van der Waals surface area contributed by atoms with Gasteiger partial charge in [-0.25, -0.2) is 0 Å². The molecule has 0 bridgehead atoms. The zero-order valence-corrected chi connectivity index (χ0v) is 10.2. The van der Waals surface area contributed by atoms with Crippen LogP contribution in [0.1, 0.15) is 39.0 Å². The van der Waals surface area contributed by atoms with Crippen LogP contribution in [0, 0.1) is 0 Å².